The van der Waals surface area contributed by atoms with Gasteiger partial charge in [0.2, 0.25) is 11.4 Å². The third-order valence-corrected chi connectivity index (χ3v) is 5.03. The molecule has 0 fully saturated rings. The minimum absolute atomic E-state index is 0.136. The standard InChI is InChI=1S/C15H15F8N3O6S/c1-25(4-5-27)26(29)24-31-8-30-14(28)11-7-9-6-10(33(19,20,21,22)23)2-3-12(9)32-13(11)15(16,17)18/h2-3,6-7,13,27H,4-5,8H2,1H3/t13-/m0/s1. The minimum atomic E-state index is -10.2. The van der Waals surface area contributed by atoms with Crippen molar-refractivity contribution in [2.45, 2.75) is 17.2 Å². The van der Waals surface area contributed by atoms with Gasteiger partial charge < -0.3 is 24.6 Å². The van der Waals surface area contributed by atoms with Gasteiger partial charge in [-0.05, 0) is 24.3 Å². The maximum Gasteiger partial charge on any atom is 0.430 e. The van der Waals surface area contributed by atoms with Crippen LogP contribution in [0, 0.1) is 5.21 Å². The lowest BCUT2D eigenvalue weighted by atomic mass is 10.0. The largest absolute Gasteiger partial charge is 0.569 e. The topological polar surface area (TPSA) is 107 Å². The van der Waals surface area contributed by atoms with E-state index in [1.54, 1.807) is 0 Å². The number of aliphatic hydroxyl groups excluding tert-OH is 1. The fraction of sp³-hybridized carbons (Fsp3) is 0.400. The molecule has 2 rings (SSSR count). The Labute approximate surface area is 179 Å². The minimum Gasteiger partial charge on any atom is -0.569 e. The average Bonchev–Trinajstić information content (AvgIpc) is 2.67. The van der Waals surface area contributed by atoms with Gasteiger partial charge >= 0.3 is 22.4 Å². The summed E-state index contributed by atoms with van der Waals surface area (Å²) >= 11 is 0. The second-order valence-electron chi connectivity index (χ2n) is 6.43. The van der Waals surface area contributed by atoms with E-state index >= 15 is 0 Å². The summed E-state index contributed by atoms with van der Waals surface area (Å²) in [6.07, 6.45) is -7.98. The predicted molar refractivity (Wildman–Crippen MR) is 94.1 cm³/mol. The van der Waals surface area contributed by atoms with Gasteiger partial charge in [-0.15, -0.1) is 5.01 Å². The number of halogens is 8. The molecule has 1 heterocycles. The summed E-state index contributed by atoms with van der Waals surface area (Å²) < 4.78 is 114. The van der Waals surface area contributed by atoms with Crippen molar-refractivity contribution in [1.29, 1.82) is 0 Å². The van der Waals surface area contributed by atoms with Gasteiger partial charge in [0.1, 0.15) is 10.6 Å². The Kier molecular flexibility index (Phi) is 6.43. The van der Waals surface area contributed by atoms with Gasteiger partial charge in [-0.3, -0.25) is 0 Å². The van der Waals surface area contributed by atoms with E-state index in [0.29, 0.717) is 0 Å². The highest BCUT2D eigenvalue weighted by Crippen LogP contribution is 3.02. The number of benzene rings is 1. The van der Waals surface area contributed by atoms with E-state index < -0.39 is 63.7 Å². The normalized spacial score (nSPS) is 18.8. The van der Waals surface area contributed by atoms with Crippen LogP contribution in [-0.2, 0) is 14.4 Å². The van der Waals surface area contributed by atoms with Crippen LogP contribution in [0.5, 0.6) is 5.75 Å². The molecule has 0 spiro atoms. The quantitative estimate of drug-likeness (QED) is 0.104. The molecule has 0 saturated heterocycles. The SMILES string of the molecule is CN(CCO)[N+]([O-])=NOCOC(=O)C1=Cc2cc(S(F)(F)(F)(F)F)ccc2O[C@@H]1C(F)(F)F. The highest BCUT2D eigenvalue weighted by molar-refractivity contribution is 8.45. The van der Waals surface area contributed by atoms with Crippen molar-refractivity contribution in [1.82, 2.24) is 5.01 Å². The zero-order chi connectivity index (χ0) is 25.3. The van der Waals surface area contributed by atoms with Crippen molar-refractivity contribution in [3.63, 3.8) is 0 Å². The van der Waals surface area contributed by atoms with Crippen LogP contribution in [-0.4, -0.2) is 60.3 Å². The summed E-state index contributed by atoms with van der Waals surface area (Å²) in [6.45, 7) is -1.81. The molecule has 9 nitrogen and oxygen atoms in total. The second-order valence-corrected chi connectivity index (χ2v) is 8.84. The Morgan fingerprint density at radius 1 is 1.30 bits per heavy atom. The predicted octanol–water partition coefficient (Wildman–Crippen LogP) is 4.28. The van der Waals surface area contributed by atoms with E-state index in [4.69, 9.17) is 5.11 Å². The van der Waals surface area contributed by atoms with Gasteiger partial charge in [0, 0.05) is 5.56 Å². The number of hydrogen-bond acceptors (Lipinski definition) is 7. The molecule has 0 aliphatic carbocycles. The maximum atomic E-state index is 13.3. The number of rotatable bonds is 8. The first kappa shape index (κ1) is 26.2. The van der Waals surface area contributed by atoms with Crippen molar-refractivity contribution in [2.75, 3.05) is 27.0 Å². The van der Waals surface area contributed by atoms with Gasteiger partial charge in [0.05, 0.1) is 30.7 Å². The van der Waals surface area contributed by atoms with Gasteiger partial charge in [0.25, 0.3) is 6.79 Å². The number of carbonyl (C=O) groups excluding carboxylic acids is 1. The monoisotopic (exact) mass is 517 g/mol. The summed E-state index contributed by atoms with van der Waals surface area (Å²) in [5, 5.41) is 23.6. The van der Waals surface area contributed by atoms with Crippen LogP contribution >= 0.6 is 10.2 Å². The van der Waals surface area contributed by atoms with Crippen molar-refractivity contribution in [3.8, 4) is 5.75 Å². The number of hydrazine groups is 1. The Hall–Kier alpha value is -3.02. The van der Waals surface area contributed by atoms with Crippen molar-refractivity contribution in [2.24, 2.45) is 5.28 Å². The van der Waals surface area contributed by atoms with E-state index in [2.05, 4.69) is 19.6 Å². The Morgan fingerprint density at radius 2 is 1.94 bits per heavy atom. The van der Waals surface area contributed by atoms with Gasteiger partial charge in [0.15, 0.2) is 0 Å². The Bertz CT molecular complexity index is 983. The molecular formula is C15H15F8N3O6S. The number of ether oxygens (including phenoxy) is 2. The summed E-state index contributed by atoms with van der Waals surface area (Å²) in [6, 6.07) is -0.0225. The third-order valence-electron chi connectivity index (χ3n) is 3.88. The highest BCUT2D eigenvalue weighted by atomic mass is 32.5. The fourth-order valence-corrected chi connectivity index (χ4v) is 3.03. The molecule has 0 unspecified atom stereocenters. The number of esters is 1. The van der Waals surface area contributed by atoms with Crippen LogP contribution in [0.3, 0.4) is 0 Å². The molecule has 1 aliphatic heterocycles. The number of aliphatic hydroxyl groups is 1. The van der Waals surface area contributed by atoms with Gasteiger partial charge in [-0.1, -0.05) is 19.4 Å². The number of likely N-dealkylation sites (N-methyl/N-ethyl adjacent to an activating group) is 1. The van der Waals surface area contributed by atoms with Crippen molar-refractivity contribution >= 4 is 22.3 Å². The molecule has 0 bridgehead atoms. The molecule has 1 aromatic carbocycles. The summed E-state index contributed by atoms with van der Waals surface area (Å²) in [4.78, 5) is 13.8. The van der Waals surface area contributed by atoms with Crippen LogP contribution in [0.4, 0.5) is 32.6 Å². The zero-order valence-electron chi connectivity index (χ0n) is 16.3. The maximum absolute atomic E-state index is 13.3. The van der Waals surface area contributed by atoms with Crippen LogP contribution < -0.4 is 4.74 Å². The zero-order valence-corrected chi connectivity index (χ0v) is 17.1. The van der Waals surface area contributed by atoms with Crippen LogP contribution in [0.25, 0.3) is 6.08 Å². The molecule has 188 valence electrons. The lowest BCUT2D eigenvalue weighted by Gasteiger charge is -2.41. The molecule has 0 aromatic heterocycles. The van der Waals surface area contributed by atoms with Crippen molar-refractivity contribution in [3.05, 3.63) is 34.5 Å². The molecule has 0 amide bonds. The van der Waals surface area contributed by atoms with Gasteiger partial charge in [-0.2, -0.15) is 13.2 Å². The molecule has 18 heteroatoms. The molecule has 0 radical (unpaired) electrons. The molecule has 1 N–H and O–H groups in total. The summed E-state index contributed by atoms with van der Waals surface area (Å²) in [5.74, 6) is -2.63. The fourth-order valence-electron chi connectivity index (χ4n) is 2.36. The first-order chi connectivity index (χ1) is 14.8. The summed E-state index contributed by atoms with van der Waals surface area (Å²) in [5.41, 5.74) is -2.25. The second kappa shape index (κ2) is 8.08. The first-order valence-electron chi connectivity index (χ1n) is 8.46. The van der Waals surface area contributed by atoms with Gasteiger partial charge in [-0.25, -0.2) is 4.79 Å². The first-order valence-corrected chi connectivity index (χ1v) is 10.4. The van der Waals surface area contributed by atoms with Crippen LogP contribution in [0.15, 0.2) is 33.9 Å². The van der Waals surface area contributed by atoms with E-state index in [1.165, 1.54) is 7.05 Å². The molecule has 1 aromatic rings. The third kappa shape index (κ3) is 6.73. The van der Waals surface area contributed by atoms with Crippen LogP contribution in [0.2, 0.25) is 0 Å². The van der Waals surface area contributed by atoms with E-state index in [9.17, 15) is 42.6 Å². The highest BCUT2D eigenvalue weighted by Gasteiger charge is 2.65. The lowest BCUT2D eigenvalue weighted by molar-refractivity contribution is -0.706. The van der Waals surface area contributed by atoms with Crippen LogP contribution in [0.1, 0.15) is 5.56 Å². The number of fused-ring (bicyclic) bond motifs is 1. The Morgan fingerprint density at radius 3 is 2.48 bits per heavy atom. The number of carbonyl (C=O) groups is 1. The number of alkyl halides is 3. The van der Waals surface area contributed by atoms with E-state index in [1.807, 2.05) is 0 Å². The lowest BCUT2D eigenvalue weighted by Crippen LogP contribution is -2.41. The van der Waals surface area contributed by atoms with Crippen molar-refractivity contribution < 1.29 is 61.8 Å². The molecule has 0 saturated carbocycles. The molecule has 1 aliphatic rings. The smallest absolute Gasteiger partial charge is 0.430 e. The number of hydrogen-bond donors (Lipinski definition) is 1. The summed E-state index contributed by atoms with van der Waals surface area (Å²) in [7, 11) is -9.00. The Balaban J connectivity index is 2.29. The molecule has 33 heavy (non-hydrogen) atoms. The van der Waals surface area contributed by atoms with E-state index in [0.717, 1.165) is 5.01 Å². The molecular weight excluding hydrogens is 502 g/mol. The average molecular weight is 517 g/mol. The van der Waals surface area contributed by atoms with E-state index in [-0.39, 0.29) is 35.8 Å². The number of nitrogens with zero attached hydrogens (tertiary/aromatic N) is 3. The molecule has 1 atom stereocenters.